The van der Waals surface area contributed by atoms with Gasteiger partial charge in [0.05, 0.1) is 13.7 Å². The SMILES string of the molecule is COc1ccc(C2(C)NC(=O)N(NC(=O)CN(C)C3CCC(c4ccccc4)CC3)C2=O)cc1. The van der Waals surface area contributed by atoms with E-state index in [4.69, 9.17) is 4.74 Å². The van der Waals surface area contributed by atoms with Crippen LogP contribution in [0.2, 0.25) is 0 Å². The molecule has 8 heteroatoms. The van der Waals surface area contributed by atoms with E-state index in [2.05, 4.69) is 35.0 Å². The Hall–Kier alpha value is -3.39. The lowest BCUT2D eigenvalue weighted by molar-refractivity contribution is -0.139. The molecule has 0 bridgehead atoms. The van der Waals surface area contributed by atoms with E-state index in [1.54, 1.807) is 38.3 Å². The molecule has 1 aliphatic heterocycles. The van der Waals surface area contributed by atoms with Crippen LogP contribution in [0.5, 0.6) is 5.75 Å². The van der Waals surface area contributed by atoms with Crippen molar-refractivity contribution in [2.24, 2.45) is 0 Å². The van der Waals surface area contributed by atoms with Gasteiger partial charge >= 0.3 is 6.03 Å². The Labute approximate surface area is 200 Å². The molecule has 0 aromatic heterocycles. The van der Waals surface area contributed by atoms with Gasteiger partial charge in [-0.2, -0.15) is 5.01 Å². The van der Waals surface area contributed by atoms with Crippen molar-refractivity contribution in [3.05, 3.63) is 65.7 Å². The van der Waals surface area contributed by atoms with Crippen molar-refractivity contribution in [1.29, 1.82) is 0 Å². The number of imide groups is 1. The van der Waals surface area contributed by atoms with Crippen LogP contribution >= 0.6 is 0 Å². The van der Waals surface area contributed by atoms with E-state index in [9.17, 15) is 14.4 Å². The minimum absolute atomic E-state index is 0.108. The van der Waals surface area contributed by atoms with E-state index >= 15 is 0 Å². The van der Waals surface area contributed by atoms with Crippen LogP contribution in [-0.2, 0) is 15.1 Å². The molecule has 4 amide bonds. The summed E-state index contributed by atoms with van der Waals surface area (Å²) < 4.78 is 5.16. The first-order chi connectivity index (χ1) is 16.3. The summed E-state index contributed by atoms with van der Waals surface area (Å²) in [5, 5.41) is 3.48. The van der Waals surface area contributed by atoms with E-state index in [1.807, 2.05) is 18.0 Å². The third-order valence-corrected chi connectivity index (χ3v) is 7.08. The lowest BCUT2D eigenvalue weighted by Gasteiger charge is -2.34. The van der Waals surface area contributed by atoms with Gasteiger partial charge in [-0.05, 0) is 68.8 Å². The summed E-state index contributed by atoms with van der Waals surface area (Å²) in [5.41, 5.74) is 3.21. The minimum atomic E-state index is -1.27. The van der Waals surface area contributed by atoms with Crippen molar-refractivity contribution >= 4 is 17.8 Å². The second kappa shape index (κ2) is 9.85. The number of ether oxygens (including phenoxy) is 1. The highest BCUT2D eigenvalue weighted by atomic mass is 16.5. The molecule has 1 saturated carbocycles. The topological polar surface area (TPSA) is 91.0 Å². The summed E-state index contributed by atoms with van der Waals surface area (Å²) >= 11 is 0. The summed E-state index contributed by atoms with van der Waals surface area (Å²) in [4.78, 5) is 40.3. The number of carbonyl (C=O) groups is 3. The van der Waals surface area contributed by atoms with Crippen LogP contribution in [0.1, 0.15) is 49.7 Å². The van der Waals surface area contributed by atoms with Gasteiger partial charge in [-0.25, -0.2) is 4.79 Å². The van der Waals surface area contributed by atoms with Gasteiger partial charge in [0.1, 0.15) is 11.3 Å². The highest BCUT2D eigenvalue weighted by Gasteiger charge is 2.50. The van der Waals surface area contributed by atoms with E-state index in [0.717, 1.165) is 30.7 Å². The highest BCUT2D eigenvalue weighted by molar-refractivity contribution is 6.08. The van der Waals surface area contributed by atoms with Crippen LogP contribution in [-0.4, -0.2) is 54.5 Å². The zero-order valence-corrected chi connectivity index (χ0v) is 19.9. The predicted molar refractivity (Wildman–Crippen MR) is 128 cm³/mol. The molecule has 4 rings (SSSR count). The lowest BCUT2D eigenvalue weighted by Crippen LogP contribution is -2.51. The molecule has 2 aromatic carbocycles. The van der Waals surface area contributed by atoms with Crippen molar-refractivity contribution in [3.8, 4) is 5.75 Å². The first-order valence-corrected chi connectivity index (χ1v) is 11.7. The Morgan fingerprint density at radius 2 is 1.74 bits per heavy atom. The molecule has 1 aliphatic carbocycles. The number of hydrogen-bond acceptors (Lipinski definition) is 5. The summed E-state index contributed by atoms with van der Waals surface area (Å²) in [7, 11) is 3.48. The van der Waals surface area contributed by atoms with Gasteiger partial charge in [-0.3, -0.25) is 19.9 Å². The second-order valence-corrected chi connectivity index (χ2v) is 9.29. The molecule has 1 unspecified atom stereocenters. The van der Waals surface area contributed by atoms with Crippen molar-refractivity contribution in [3.63, 3.8) is 0 Å². The van der Waals surface area contributed by atoms with Crippen molar-refractivity contribution in [2.45, 2.75) is 50.1 Å². The van der Waals surface area contributed by atoms with Gasteiger partial charge in [0.25, 0.3) is 11.8 Å². The summed E-state index contributed by atoms with van der Waals surface area (Å²) in [5.74, 6) is 0.286. The van der Waals surface area contributed by atoms with Crippen LogP contribution in [0.25, 0.3) is 0 Å². The molecule has 2 N–H and O–H groups in total. The largest absolute Gasteiger partial charge is 0.497 e. The molecule has 0 spiro atoms. The first-order valence-electron chi connectivity index (χ1n) is 11.7. The maximum atomic E-state index is 13.1. The van der Waals surface area contributed by atoms with Gasteiger partial charge in [0.2, 0.25) is 0 Å². The number of hydrazine groups is 1. The lowest BCUT2D eigenvalue weighted by atomic mass is 9.81. The van der Waals surface area contributed by atoms with Gasteiger partial charge < -0.3 is 10.1 Å². The predicted octanol–water partition coefficient (Wildman–Crippen LogP) is 3.15. The maximum Gasteiger partial charge on any atom is 0.344 e. The number of amides is 4. The smallest absolute Gasteiger partial charge is 0.344 e. The zero-order valence-electron chi connectivity index (χ0n) is 19.9. The molecule has 0 radical (unpaired) electrons. The fourth-order valence-electron chi connectivity index (χ4n) is 4.95. The normalized spacial score (nSPS) is 24.8. The fraction of sp³-hybridized carbons (Fsp3) is 0.423. The van der Waals surface area contributed by atoms with Crippen molar-refractivity contribution in [2.75, 3.05) is 20.7 Å². The Kier molecular flexibility index (Phi) is 6.88. The van der Waals surface area contributed by atoms with E-state index in [0.29, 0.717) is 23.3 Å². The van der Waals surface area contributed by atoms with Gasteiger partial charge in [0.15, 0.2) is 0 Å². The zero-order chi connectivity index (χ0) is 24.3. The van der Waals surface area contributed by atoms with Crippen molar-refractivity contribution in [1.82, 2.24) is 20.7 Å². The van der Waals surface area contributed by atoms with Gasteiger partial charge in [-0.15, -0.1) is 0 Å². The Balaban J connectivity index is 1.32. The van der Waals surface area contributed by atoms with Crippen LogP contribution in [0.15, 0.2) is 54.6 Å². The monoisotopic (exact) mass is 464 g/mol. The van der Waals surface area contributed by atoms with E-state index < -0.39 is 23.4 Å². The number of rotatable bonds is 7. The van der Waals surface area contributed by atoms with Crippen molar-refractivity contribution < 1.29 is 19.1 Å². The van der Waals surface area contributed by atoms with Crippen LogP contribution in [0.3, 0.4) is 0 Å². The summed E-state index contributed by atoms with van der Waals surface area (Å²) in [6.07, 6.45) is 4.16. The fourth-order valence-corrected chi connectivity index (χ4v) is 4.95. The van der Waals surface area contributed by atoms with Gasteiger partial charge in [0, 0.05) is 6.04 Å². The molecular formula is C26H32N4O4. The van der Waals surface area contributed by atoms with Crippen LogP contribution < -0.4 is 15.5 Å². The van der Waals surface area contributed by atoms with Crippen LogP contribution in [0, 0.1) is 0 Å². The van der Waals surface area contributed by atoms with E-state index in [-0.39, 0.29) is 6.54 Å². The number of likely N-dealkylation sites (N-methyl/N-ethyl adjacent to an activating group) is 1. The molecular weight excluding hydrogens is 432 g/mol. The quantitative estimate of drug-likeness (QED) is 0.615. The molecule has 1 atom stereocenters. The molecule has 2 fully saturated rings. The second-order valence-electron chi connectivity index (χ2n) is 9.29. The number of methoxy groups -OCH3 is 1. The number of carbonyl (C=O) groups excluding carboxylic acids is 3. The molecule has 180 valence electrons. The summed E-state index contributed by atoms with van der Waals surface area (Å²) in [6.45, 7) is 1.73. The number of urea groups is 1. The molecule has 34 heavy (non-hydrogen) atoms. The van der Waals surface area contributed by atoms with Gasteiger partial charge in [-0.1, -0.05) is 42.5 Å². The number of nitrogens with zero attached hydrogens (tertiary/aromatic N) is 2. The first kappa shape index (κ1) is 23.8. The van der Waals surface area contributed by atoms with E-state index in [1.165, 1.54) is 5.56 Å². The molecule has 8 nitrogen and oxygen atoms in total. The standard InChI is InChI=1S/C26H32N4O4/c1-26(20-11-15-22(34-3)16-12-20)24(32)30(25(33)27-26)28-23(31)17-29(2)21-13-9-19(10-14-21)18-7-5-4-6-8-18/h4-8,11-12,15-16,19,21H,9-10,13-14,17H2,1-3H3,(H,27,33)(H,28,31). The minimum Gasteiger partial charge on any atom is -0.497 e. The Bertz CT molecular complexity index is 1030. The average molecular weight is 465 g/mol. The molecule has 1 saturated heterocycles. The molecule has 2 aliphatic rings. The Morgan fingerprint density at radius 1 is 1.09 bits per heavy atom. The average Bonchev–Trinajstić information content (AvgIpc) is 3.08. The number of benzene rings is 2. The number of hydrogen-bond donors (Lipinski definition) is 2. The molecule has 2 aromatic rings. The van der Waals surface area contributed by atoms with Crippen LogP contribution in [0.4, 0.5) is 4.79 Å². The Morgan fingerprint density at radius 3 is 2.35 bits per heavy atom. The number of nitrogens with one attached hydrogen (secondary N) is 2. The third-order valence-electron chi connectivity index (χ3n) is 7.08. The molecule has 1 heterocycles. The highest BCUT2D eigenvalue weighted by Crippen LogP contribution is 2.34. The maximum absolute atomic E-state index is 13.1. The summed E-state index contributed by atoms with van der Waals surface area (Å²) in [6, 6.07) is 17.1. The third kappa shape index (κ3) is 4.77.